The summed E-state index contributed by atoms with van der Waals surface area (Å²) in [5, 5.41) is 8.04. The highest BCUT2D eigenvalue weighted by molar-refractivity contribution is 5.97. The first-order valence-corrected chi connectivity index (χ1v) is 10.5. The smallest absolute Gasteiger partial charge is 0.368 e. The molecule has 0 bridgehead atoms. The van der Waals surface area contributed by atoms with Crippen LogP contribution in [-0.2, 0) is 6.18 Å². The summed E-state index contributed by atoms with van der Waals surface area (Å²) in [5.74, 6) is -0.956. The minimum absolute atomic E-state index is 0.0488. The number of benzene rings is 1. The molecule has 5 rings (SSSR count). The van der Waals surface area contributed by atoms with Crippen molar-refractivity contribution in [2.75, 3.05) is 5.32 Å². The number of pyridine rings is 1. The average Bonchev–Trinajstić information content (AvgIpc) is 3.40. The molecule has 33 heavy (non-hydrogen) atoms. The summed E-state index contributed by atoms with van der Waals surface area (Å²) in [7, 11) is 0. The Labute approximate surface area is 185 Å². The largest absolute Gasteiger partial charge is 0.434 e. The second-order valence-corrected chi connectivity index (χ2v) is 8.25. The topological polar surface area (TPSA) is 90.2 Å². The summed E-state index contributed by atoms with van der Waals surface area (Å²) in [6.07, 6.45) is 1.10. The molecule has 0 spiro atoms. The van der Waals surface area contributed by atoms with Gasteiger partial charge in [0.05, 0.1) is 22.5 Å². The van der Waals surface area contributed by atoms with Crippen molar-refractivity contribution in [3.63, 3.8) is 0 Å². The van der Waals surface area contributed by atoms with Crippen molar-refractivity contribution in [3.8, 4) is 0 Å². The summed E-state index contributed by atoms with van der Waals surface area (Å²) in [5.41, 5.74) is 4.79. The Hall–Kier alpha value is -3.63. The molecule has 0 atom stereocenters. The number of carbonyl (C=O) groups is 1. The van der Waals surface area contributed by atoms with E-state index in [2.05, 4.69) is 15.4 Å². The van der Waals surface area contributed by atoms with Gasteiger partial charge in [0.2, 0.25) is 0 Å². The Balaban J connectivity index is 1.30. The van der Waals surface area contributed by atoms with Gasteiger partial charge < -0.3 is 11.1 Å². The number of hydrogen-bond donors (Lipinski definition) is 2. The quantitative estimate of drug-likeness (QED) is 0.438. The maximum atomic E-state index is 14.6. The molecule has 0 radical (unpaired) electrons. The summed E-state index contributed by atoms with van der Waals surface area (Å²) in [6, 6.07) is 7.94. The van der Waals surface area contributed by atoms with Crippen LogP contribution in [-0.4, -0.2) is 31.1 Å². The van der Waals surface area contributed by atoms with E-state index >= 15 is 0 Å². The molecule has 3 aromatic heterocycles. The number of anilines is 1. The standard InChI is InChI=1S/C22H20F4N6O/c23-20-14(21(27)33)8-9-16-15(20)10-32(30-16)13-6-4-12(5-7-13)28-18-2-1-3-19-29-17(11-31(18)19)22(24,25)26/h1-3,8-13,28H,4-7H2,(H2,27,33). The molecule has 3 N–H and O–H groups in total. The second kappa shape index (κ2) is 7.75. The number of aromatic nitrogens is 4. The first-order chi connectivity index (χ1) is 15.7. The van der Waals surface area contributed by atoms with E-state index in [9.17, 15) is 22.4 Å². The fourth-order valence-corrected chi connectivity index (χ4v) is 4.41. The van der Waals surface area contributed by atoms with Gasteiger partial charge in [-0.3, -0.25) is 13.9 Å². The molecule has 1 fully saturated rings. The SMILES string of the molecule is NC(=O)c1ccc2nn(C3CCC(Nc4cccc5nc(C(F)(F)F)cn45)CC3)cc2c1F. The Kier molecular flexibility index (Phi) is 4.98. The summed E-state index contributed by atoms with van der Waals surface area (Å²) >= 11 is 0. The maximum absolute atomic E-state index is 14.6. The van der Waals surface area contributed by atoms with Crippen LogP contribution in [0.4, 0.5) is 23.4 Å². The molecule has 7 nitrogen and oxygen atoms in total. The van der Waals surface area contributed by atoms with Crippen LogP contribution in [0.5, 0.6) is 0 Å². The zero-order valence-corrected chi connectivity index (χ0v) is 17.3. The Morgan fingerprint density at radius 2 is 1.85 bits per heavy atom. The van der Waals surface area contributed by atoms with Crippen molar-refractivity contribution in [2.45, 2.75) is 43.9 Å². The molecule has 1 amide bonds. The molecule has 1 aromatic carbocycles. The third-order valence-corrected chi connectivity index (χ3v) is 6.11. The summed E-state index contributed by atoms with van der Waals surface area (Å²) < 4.78 is 56.8. The van der Waals surface area contributed by atoms with Gasteiger partial charge >= 0.3 is 6.18 Å². The second-order valence-electron chi connectivity index (χ2n) is 8.25. The lowest BCUT2D eigenvalue weighted by molar-refractivity contribution is -0.140. The van der Waals surface area contributed by atoms with Gasteiger partial charge in [-0.15, -0.1) is 0 Å². The van der Waals surface area contributed by atoms with Crippen molar-refractivity contribution >= 4 is 28.3 Å². The molecule has 3 heterocycles. The van der Waals surface area contributed by atoms with Gasteiger partial charge in [-0.2, -0.15) is 18.3 Å². The highest BCUT2D eigenvalue weighted by Crippen LogP contribution is 2.33. The minimum Gasteiger partial charge on any atom is -0.368 e. The van der Waals surface area contributed by atoms with Crippen LogP contribution in [0.25, 0.3) is 16.6 Å². The first kappa shape index (κ1) is 21.2. The molecular weight excluding hydrogens is 440 g/mol. The van der Waals surface area contributed by atoms with Gasteiger partial charge in [-0.05, 0) is 49.9 Å². The van der Waals surface area contributed by atoms with E-state index in [1.807, 2.05) is 0 Å². The van der Waals surface area contributed by atoms with Crippen LogP contribution in [0.1, 0.15) is 47.8 Å². The van der Waals surface area contributed by atoms with E-state index in [1.54, 1.807) is 29.1 Å². The molecule has 0 unspecified atom stereocenters. The number of imidazole rings is 1. The van der Waals surface area contributed by atoms with Crippen LogP contribution >= 0.6 is 0 Å². The number of amides is 1. The fourth-order valence-electron chi connectivity index (χ4n) is 4.41. The maximum Gasteiger partial charge on any atom is 0.434 e. The Morgan fingerprint density at radius 1 is 1.09 bits per heavy atom. The highest BCUT2D eigenvalue weighted by atomic mass is 19.4. The number of rotatable bonds is 4. The van der Waals surface area contributed by atoms with Crippen LogP contribution in [0.15, 0.2) is 42.7 Å². The van der Waals surface area contributed by atoms with Crippen LogP contribution in [0.3, 0.4) is 0 Å². The van der Waals surface area contributed by atoms with Gasteiger partial charge in [-0.1, -0.05) is 6.07 Å². The molecule has 4 aromatic rings. The third-order valence-electron chi connectivity index (χ3n) is 6.11. The highest BCUT2D eigenvalue weighted by Gasteiger charge is 2.34. The van der Waals surface area contributed by atoms with Crippen molar-refractivity contribution in [1.29, 1.82) is 0 Å². The van der Waals surface area contributed by atoms with Gasteiger partial charge in [0.15, 0.2) is 5.69 Å². The molecule has 172 valence electrons. The van der Waals surface area contributed by atoms with E-state index in [0.717, 1.165) is 31.9 Å². The zero-order chi connectivity index (χ0) is 23.3. The zero-order valence-electron chi connectivity index (χ0n) is 17.3. The van der Waals surface area contributed by atoms with Crippen molar-refractivity contribution in [2.24, 2.45) is 5.73 Å². The molecule has 11 heteroatoms. The Bertz CT molecular complexity index is 1350. The molecule has 1 saturated carbocycles. The van der Waals surface area contributed by atoms with E-state index in [1.165, 1.54) is 16.5 Å². The third kappa shape index (κ3) is 3.87. The number of hydrogen-bond acceptors (Lipinski definition) is 4. The van der Waals surface area contributed by atoms with Crippen LogP contribution in [0, 0.1) is 5.82 Å². The number of nitrogens with two attached hydrogens (primary N) is 1. The first-order valence-electron chi connectivity index (χ1n) is 10.5. The minimum atomic E-state index is -4.51. The average molecular weight is 460 g/mol. The van der Waals surface area contributed by atoms with Crippen molar-refractivity contribution in [1.82, 2.24) is 19.2 Å². The monoisotopic (exact) mass is 460 g/mol. The lowest BCUT2D eigenvalue weighted by atomic mass is 9.91. The van der Waals surface area contributed by atoms with Gasteiger partial charge in [0.1, 0.15) is 17.3 Å². The fraction of sp³-hybridized carbons (Fsp3) is 0.318. The summed E-state index contributed by atoms with van der Waals surface area (Å²) in [6.45, 7) is 0. The molecule has 0 saturated heterocycles. The van der Waals surface area contributed by atoms with Gasteiger partial charge in [0, 0.05) is 18.4 Å². The van der Waals surface area contributed by atoms with E-state index < -0.39 is 23.6 Å². The molecule has 0 aliphatic heterocycles. The Morgan fingerprint density at radius 3 is 2.55 bits per heavy atom. The lowest BCUT2D eigenvalue weighted by Gasteiger charge is -2.30. The predicted octanol–water partition coefficient (Wildman–Crippen LogP) is 4.54. The van der Waals surface area contributed by atoms with Gasteiger partial charge in [-0.25, -0.2) is 9.37 Å². The molecule has 1 aliphatic carbocycles. The van der Waals surface area contributed by atoms with Crippen LogP contribution in [0.2, 0.25) is 0 Å². The molecular formula is C22H20F4N6O. The number of primary amides is 1. The van der Waals surface area contributed by atoms with E-state index in [0.29, 0.717) is 11.3 Å². The number of nitrogens with one attached hydrogen (secondary N) is 1. The van der Waals surface area contributed by atoms with E-state index in [4.69, 9.17) is 5.73 Å². The van der Waals surface area contributed by atoms with Crippen LogP contribution < -0.4 is 11.1 Å². The number of fused-ring (bicyclic) bond motifs is 2. The summed E-state index contributed by atoms with van der Waals surface area (Å²) in [4.78, 5) is 15.0. The van der Waals surface area contributed by atoms with E-state index in [-0.39, 0.29) is 28.7 Å². The predicted molar refractivity (Wildman–Crippen MR) is 113 cm³/mol. The van der Waals surface area contributed by atoms with Gasteiger partial charge in [0.25, 0.3) is 5.91 Å². The normalized spacial score (nSPS) is 19.3. The number of alkyl halides is 3. The van der Waals surface area contributed by atoms with Crippen molar-refractivity contribution in [3.05, 3.63) is 59.8 Å². The number of carbonyl (C=O) groups excluding carboxylic acids is 1. The number of halogens is 4. The number of nitrogens with zero attached hydrogens (tertiary/aromatic N) is 4. The lowest BCUT2D eigenvalue weighted by Crippen LogP contribution is -2.28. The molecule has 1 aliphatic rings. The van der Waals surface area contributed by atoms with Crippen molar-refractivity contribution < 1.29 is 22.4 Å².